The highest BCUT2D eigenvalue weighted by Crippen LogP contribution is 2.58. The van der Waals surface area contributed by atoms with Crippen molar-refractivity contribution < 1.29 is 19.5 Å². The van der Waals surface area contributed by atoms with E-state index in [2.05, 4.69) is 16.9 Å². The Morgan fingerprint density at radius 2 is 2.09 bits per heavy atom. The lowest BCUT2D eigenvalue weighted by Crippen LogP contribution is -2.37. The van der Waals surface area contributed by atoms with Crippen LogP contribution < -0.4 is 11.2 Å². The van der Waals surface area contributed by atoms with E-state index in [0.29, 0.717) is 0 Å². The first-order valence-electron chi connectivity index (χ1n) is 5.93. The van der Waals surface area contributed by atoms with Gasteiger partial charge < -0.3 is 19.5 Å². The molecule has 1 fully saturated rings. The number of aryl methyl sites for hydroxylation is 1. The molecule has 0 amide bonds. The second kappa shape index (κ2) is 6.66. The Bertz CT molecular complexity index is 720. The summed E-state index contributed by atoms with van der Waals surface area (Å²) in [6, 6.07) is 0. The van der Waals surface area contributed by atoms with Crippen LogP contribution in [0.2, 0.25) is 0 Å². The quantitative estimate of drug-likeness (QED) is 0.577. The number of halogens is 2. The first-order chi connectivity index (χ1) is 10.1. The molecular weight excluding hydrogens is 380 g/mol. The first kappa shape index (κ1) is 18.0. The highest BCUT2D eigenvalue weighted by Gasteiger charge is 2.45. The highest BCUT2D eigenvalue weighted by atomic mass is 35.9. The molecule has 0 aromatic carbocycles. The number of nitrogens with one attached hydrogen (secondary N) is 1. The van der Waals surface area contributed by atoms with Crippen LogP contribution in [0.4, 0.5) is 0 Å². The molecular formula is C9H12Cl2N3O6PS. The number of hydrogen-bond donors (Lipinski definition) is 3. The van der Waals surface area contributed by atoms with Crippen molar-refractivity contribution in [2.45, 2.75) is 24.4 Å². The van der Waals surface area contributed by atoms with E-state index >= 15 is 0 Å². The third-order valence-corrected chi connectivity index (χ3v) is 4.38. The van der Waals surface area contributed by atoms with Crippen molar-refractivity contribution in [1.29, 1.82) is 0 Å². The topological polar surface area (TPSA) is 127 Å². The van der Waals surface area contributed by atoms with Gasteiger partial charge in [-0.2, -0.15) is 5.10 Å². The van der Waals surface area contributed by atoms with Crippen molar-refractivity contribution in [3.05, 3.63) is 26.5 Å². The standard InChI is InChI=1S/C9H12Cl2N3O6PS/c1-14-9(18)12-8(17)4(13-14)7-6(16)5(15)3(20-7)2-19-21(10,11)22/h3,5-7,15-16H,2H2,1H3,(H,12,17,18)/t3-,5+,6?,7+/m1/s1. The van der Waals surface area contributed by atoms with Crippen LogP contribution in [0.5, 0.6) is 0 Å². The maximum Gasteiger partial charge on any atom is 0.344 e. The van der Waals surface area contributed by atoms with Crippen molar-refractivity contribution in [2.24, 2.45) is 7.05 Å². The molecule has 9 nitrogen and oxygen atoms in total. The SMILES string of the molecule is Cn1nc([C@@H]2O[C@H](COP(=S)(Cl)Cl)[C@H](O)C2O)c(=O)[nH]c1=O. The Kier molecular flexibility index (Phi) is 5.46. The summed E-state index contributed by atoms with van der Waals surface area (Å²) in [6.07, 6.45) is -5.04. The number of rotatable bonds is 4. The molecule has 1 unspecified atom stereocenters. The molecule has 0 spiro atoms. The molecule has 1 aromatic rings. The van der Waals surface area contributed by atoms with Gasteiger partial charge in [-0.25, -0.2) is 9.48 Å². The molecule has 2 rings (SSSR count). The molecule has 0 saturated carbocycles. The molecule has 0 aliphatic carbocycles. The lowest BCUT2D eigenvalue weighted by Gasteiger charge is -2.15. The van der Waals surface area contributed by atoms with E-state index in [1.165, 1.54) is 7.05 Å². The van der Waals surface area contributed by atoms with Crippen molar-refractivity contribution in [1.82, 2.24) is 14.8 Å². The number of aromatic amines is 1. The van der Waals surface area contributed by atoms with E-state index in [1.54, 1.807) is 0 Å². The van der Waals surface area contributed by atoms with E-state index in [-0.39, 0.29) is 12.3 Å². The number of aromatic nitrogens is 3. The Balaban J connectivity index is 2.23. The molecule has 1 aliphatic heterocycles. The molecule has 1 aromatic heterocycles. The second-order valence-electron chi connectivity index (χ2n) is 4.55. The van der Waals surface area contributed by atoms with Crippen LogP contribution >= 0.6 is 27.5 Å². The average Bonchev–Trinajstić information content (AvgIpc) is 2.68. The minimum absolute atomic E-state index is 0.243. The van der Waals surface area contributed by atoms with Crippen molar-refractivity contribution in [2.75, 3.05) is 6.61 Å². The van der Waals surface area contributed by atoms with E-state index in [0.717, 1.165) is 4.68 Å². The highest BCUT2D eigenvalue weighted by molar-refractivity contribution is 8.36. The maximum atomic E-state index is 11.8. The lowest BCUT2D eigenvalue weighted by molar-refractivity contribution is -0.0166. The van der Waals surface area contributed by atoms with Gasteiger partial charge in [-0.05, 0) is 34.3 Å². The van der Waals surface area contributed by atoms with Crippen molar-refractivity contribution >= 4 is 39.3 Å². The number of hydrogen-bond acceptors (Lipinski definition) is 8. The van der Waals surface area contributed by atoms with Gasteiger partial charge in [-0.3, -0.25) is 9.78 Å². The summed E-state index contributed by atoms with van der Waals surface area (Å²) in [5.74, 6) is 0. The van der Waals surface area contributed by atoms with Crippen molar-refractivity contribution in [3.63, 3.8) is 0 Å². The van der Waals surface area contributed by atoms with Gasteiger partial charge in [-0.1, -0.05) is 0 Å². The Hall–Kier alpha value is -0.320. The van der Waals surface area contributed by atoms with Gasteiger partial charge in [0.15, 0.2) is 5.69 Å². The fourth-order valence-corrected chi connectivity index (χ4v) is 2.79. The first-order valence-corrected chi connectivity index (χ1v) is 10.5. The van der Waals surface area contributed by atoms with Gasteiger partial charge in [-0.15, -0.1) is 0 Å². The van der Waals surface area contributed by atoms with E-state index in [4.69, 9.17) is 31.7 Å². The summed E-state index contributed by atoms with van der Waals surface area (Å²) >= 11 is 15.8. The zero-order valence-corrected chi connectivity index (χ0v) is 14.3. The molecule has 13 heteroatoms. The largest absolute Gasteiger partial charge is 0.387 e. The Morgan fingerprint density at radius 1 is 1.45 bits per heavy atom. The summed E-state index contributed by atoms with van der Waals surface area (Å²) in [5.41, 5.74) is -1.78. The molecule has 0 bridgehead atoms. The summed E-state index contributed by atoms with van der Waals surface area (Å²) in [7, 11) is 1.32. The van der Waals surface area contributed by atoms with Crippen LogP contribution in [-0.2, 0) is 28.1 Å². The number of aliphatic hydroxyl groups is 2. The van der Waals surface area contributed by atoms with Gasteiger partial charge >= 0.3 is 5.69 Å². The molecule has 4 atom stereocenters. The van der Waals surface area contributed by atoms with Crippen molar-refractivity contribution in [3.8, 4) is 0 Å². The lowest BCUT2D eigenvalue weighted by atomic mass is 10.1. The van der Waals surface area contributed by atoms with E-state index in [9.17, 15) is 19.8 Å². The van der Waals surface area contributed by atoms with Crippen LogP contribution in [0.15, 0.2) is 9.59 Å². The Morgan fingerprint density at radius 3 is 2.68 bits per heavy atom. The summed E-state index contributed by atoms with van der Waals surface area (Å²) in [6.45, 7) is -0.261. The molecule has 124 valence electrons. The molecule has 2 heterocycles. The second-order valence-corrected chi connectivity index (χ2v) is 11.8. The van der Waals surface area contributed by atoms with Crippen LogP contribution in [0.25, 0.3) is 0 Å². The average molecular weight is 392 g/mol. The predicted octanol–water partition coefficient (Wildman–Crippen LogP) is -0.651. The summed E-state index contributed by atoms with van der Waals surface area (Å²) in [5, 5.41) is 23.7. The molecule has 3 N–H and O–H groups in total. The molecule has 1 saturated heterocycles. The van der Waals surface area contributed by atoms with Gasteiger partial charge in [0.05, 0.1) is 6.61 Å². The zero-order chi connectivity index (χ0) is 16.7. The number of H-pyrrole nitrogens is 1. The van der Waals surface area contributed by atoms with Crippen LogP contribution in [0, 0.1) is 0 Å². The van der Waals surface area contributed by atoms with Gasteiger partial charge in [0.2, 0.25) is 4.97 Å². The van der Waals surface area contributed by atoms with Crippen LogP contribution in [0.1, 0.15) is 11.8 Å². The predicted molar refractivity (Wildman–Crippen MR) is 81.7 cm³/mol. The minimum atomic E-state index is -3.00. The van der Waals surface area contributed by atoms with Crippen LogP contribution in [0.3, 0.4) is 0 Å². The monoisotopic (exact) mass is 391 g/mol. The van der Waals surface area contributed by atoms with E-state index in [1.807, 2.05) is 4.98 Å². The summed E-state index contributed by atoms with van der Waals surface area (Å²) < 4.78 is 11.2. The fraction of sp³-hybridized carbons (Fsp3) is 0.667. The van der Waals surface area contributed by atoms with Gasteiger partial charge in [0.25, 0.3) is 5.56 Å². The maximum absolute atomic E-state index is 11.8. The van der Waals surface area contributed by atoms with E-state index < -0.39 is 40.6 Å². The number of ether oxygens (including phenoxy) is 1. The third-order valence-electron chi connectivity index (χ3n) is 3.03. The van der Waals surface area contributed by atoms with Crippen LogP contribution in [-0.4, -0.2) is 49.9 Å². The fourth-order valence-electron chi connectivity index (χ4n) is 1.95. The molecule has 1 aliphatic rings. The number of aliphatic hydroxyl groups excluding tert-OH is 2. The molecule has 22 heavy (non-hydrogen) atoms. The van der Waals surface area contributed by atoms with Gasteiger partial charge in [0, 0.05) is 7.05 Å². The summed E-state index contributed by atoms with van der Waals surface area (Å²) in [4.78, 5) is 22.0. The number of nitrogens with zero attached hydrogens (tertiary/aromatic N) is 2. The smallest absolute Gasteiger partial charge is 0.344 e. The minimum Gasteiger partial charge on any atom is -0.387 e. The Labute approximate surface area is 138 Å². The zero-order valence-electron chi connectivity index (χ0n) is 11.0. The van der Waals surface area contributed by atoms with Gasteiger partial charge in [0.1, 0.15) is 24.4 Å². The third kappa shape index (κ3) is 3.95. The normalized spacial score (nSPS) is 29.0. The molecule has 0 radical (unpaired) electrons.